The van der Waals surface area contributed by atoms with Crippen LogP contribution in [0.4, 0.5) is 0 Å². The molecule has 0 aliphatic heterocycles. The van der Waals surface area contributed by atoms with E-state index in [0.717, 1.165) is 0 Å². The molecular weight excluding hydrogens is 1800 g/mol. The lowest BCUT2D eigenvalue weighted by atomic mass is 10.1. The summed E-state index contributed by atoms with van der Waals surface area (Å²) in [4.78, 5) is 0. The second kappa shape index (κ2) is 71.3. The summed E-state index contributed by atoms with van der Waals surface area (Å²) < 4.78 is 0. The minimum Gasteiger partial charge on any atom is -0.147 e. The van der Waals surface area contributed by atoms with Crippen LogP contribution in [0.3, 0.4) is 0 Å². The van der Waals surface area contributed by atoms with Gasteiger partial charge in [0.15, 0.2) is 0 Å². The maximum atomic E-state index is 2.12. The fourth-order valence-corrected chi connectivity index (χ4v) is 12.6. The largest absolute Gasteiger partial charge is 0.147 e. The van der Waals surface area contributed by atoms with Gasteiger partial charge in [-0.3, -0.25) is 0 Å². The van der Waals surface area contributed by atoms with Crippen LogP contribution in [0, 0.1) is 0 Å². The summed E-state index contributed by atoms with van der Waals surface area (Å²) in [7, 11) is 0. The Morgan fingerprint density at radius 3 is 0.108 bits per heavy atom. The highest BCUT2D eigenvalue weighted by Gasteiger charge is 2.00. The van der Waals surface area contributed by atoms with Crippen LogP contribution < -0.4 is 0 Å². The first-order valence-corrected chi connectivity index (χ1v) is 40.7. The van der Waals surface area contributed by atoms with E-state index < -0.39 is 0 Å². The zero-order chi connectivity index (χ0) is 82.3. The van der Waals surface area contributed by atoms with Crippen molar-refractivity contribution in [2.75, 3.05) is 0 Å². The number of benzene rings is 20. The molecule has 0 saturated carbocycles. The van der Waals surface area contributed by atoms with Crippen molar-refractivity contribution in [2.45, 2.75) is 0 Å². The Morgan fingerprint density at radius 2 is 0.0769 bits per heavy atom. The summed E-state index contributed by atoms with van der Waals surface area (Å²) in [5.74, 6) is 0. The van der Waals surface area contributed by atoms with E-state index in [1.165, 1.54) is 111 Å². The number of hydrogen-bond donors (Lipinski definition) is 0. The molecule has 0 saturated heterocycles. The van der Waals surface area contributed by atoms with E-state index in [-0.39, 0.29) is 124 Å². The predicted molar refractivity (Wildman–Crippen MR) is 591 cm³/mol. The third kappa shape index (κ3) is 42.9. The Labute approximate surface area is 834 Å². The van der Waals surface area contributed by atoms with Crippen molar-refractivity contribution in [1.29, 1.82) is 0 Å². The van der Waals surface area contributed by atoms with E-state index in [1.54, 1.807) is 0 Å². The molecule has 0 unspecified atom stereocenters. The van der Waals surface area contributed by atoms with E-state index in [9.17, 15) is 0 Å². The van der Waals surface area contributed by atoms with E-state index in [1.807, 2.05) is 121 Å². The van der Waals surface area contributed by atoms with Crippen molar-refractivity contribution in [3.63, 3.8) is 0 Å². The highest BCUT2D eigenvalue weighted by molar-refractivity contribution is 5.87. The van der Waals surface area contributed by atoms with Crippen LogP contribution in [0.15, 0.2) is 607 Å². The van der Waals surface area contributed by atoms with Crippen LogP contribution in [-0.4, -0.2) is 0 Å². The van der Waals surface area contributed by atoms with Crippen LogP contribution in [0.5, 0.6) is 0 Å². The molecule has 0 nitrogen and oxygen atoms in total. The first-order valence-electron chi connectivity index (χ1n) is 40.7. The predicted octanol–water partition coefficient (Wildman–Crippen LogP) is 37.8. The molecule has 0 aliphatic rings. The second-order valence-electron chi connectivity index (χ2n) is 27.3. The van der Waals surface area contributed by atoms with Gasteiger partial charge in [-0.2, -0.15) is 0 Å². The Hall–Kier alpha value is -12.7. The zero-order valence-electron chi connectivity index (χ0n) is 71.8. The van der Waals surface area contributed by atoms with Crippen molar-refractivity contribution in [3.8, 4) is 111 Å². The third-order valence-electron chi connectivity index (χ3n) is 18.8. The molecule has 0 heterocycles. The number of halogens is 10. The summed E-state index contributed by atoms with van der Waals surface area (Å²) in [5.41, 5.74) is 25.5. The van der Waals surface area contributed by atoms with Crippen molar-refractivity contribution < 1.29 is 0 Å². The molecule has 130 heavy (non-hydrogen) atoms. The molecule has 660 valence electrons. The van der Waals surface area contributed by atoms with Gasteiger partial charge in [0.1, 0.15) is 0 Å². The molecule has 0 radical (unpaired) electrons. The molecule has 0 amide bonds. The van der Waals surface area contributed by atoms with Crippen LogP contribution in [-0.2, 0) is 0 Å². The van der Waals surface area contributed by atoms with Crippen LogP contribution in [0.1, 0.15) is 0 Å². The fourth-order valence-electron chi connectivity index (χ4n) is 12.6. The highest BCUT2D eigenvalue weighted by atomic mass is 35.5. The van der Waals surface area contributed by atoms with Crippen molar-refractivity contribution in [3.05, 3.63) is 607 Å². The summed E-state index contributed by atoms with van der Waals surface area (Å²) in [6, 6.07) is 208. The lowest BCUT2D eigenvalue weighted by molar-refractivity contribution is 1.62. The minimum absolute atomic E-state index is 0. The lowest BCUT2D eigenvalue weighted by Gasteiger charge is -1.98. The van der Waals surface area contributed by atoms with Crippen molar-refractivity contribution in [2.24, 2.45) is 0 Å². The Morgan fingerprint density at radius 1 is 0.0462 bits per heavy atom. The average molecular weight is 1910 g/mol. The summed E-state index contributed by atoms with van der Waals surface area (Å²) in [5, 5.41) is 0. The van der Waals surface area contributed by atoms with E-state index in [4.69, 9.17) is 0 Å². The molecule has 0 aromatic heterocycles. The SMILES string of the molecule is Cl.Cl.Cl.Cl.Cl.Cl.Cl.Cl.Cl.Cl.c1ccc(-c2ccccc2)cc1.c1ccc(-c2ccccc2)cc1.c1ccc(-c2ccccc2)cc1.c1ccc(-c2ccccc2)cc1.c1ccc(-c2ccccc2)cc1.c1ccc(-c2ccccc2)cc1.c1ccc(-c2ccccc2)cc1.c1ccc(-c2ccccc2)cc1.c1ccc(-c2ccccc2)cc1.c1ccc(-c2ccccc2)cc1. The van der Waals surface area contributed by atoms with Crippen molar-refractivity contribution in [1.82, 2.24) is 0 Å². The fraction of sp³-hybridized carbons (Fsp3) is 0. The lowest BCUT2D eigenvalue weighted by Crippen LogP contribution is -1.73. The van der Waals surface area contributed by atoms with Gasteiger partial charge in [0.25, 0.3) is 0 Å². The first-order chi connectivity index (χ1) is 59.7. The van der Waals surface area contributed by atoms with Gasteiger partial charge in [-0.15, -0.1) is 124 Å². The van der Waals surface area contributed by atoms with Crippen LogP contribution in [0.25, 0.3) is 111 Å². The summed E-state index contributed by atoms with van der Waals surface area (Å²) in [6.07, 6.45) is 0. The Balaban J connectivity index is 0.000000716. The van der Waals surface area contributed by atoms with Gasteiger partial charge in [-0.25, -0.2) is 0 Å². The van der Waals surface area contributed by atoms with Gasteiger partial charge >= 0.3 is 0 Å². The molecule has 20 aromatic carbocycles. The molecule has 0 aliphatic carbocycles. The standard InChI is InChI=1S/10C12H10.10ClH/c10*1-3-7-11(8-4-1)12-9-5-2-6-10-12;;;;;;;;;;/h10*1-10H;10*1H. The molecule has 20 rings (SSSR count). The van der Waals surface area contributed by atoms with Gasteiger partial charge < -0.3 is 0 Å². The third-order valence-corrected chi connectivity index (χ3v) is 18.8. The summed E-state index contributed by atoms with van der Waals surface area (Å²) >= 11 is 0. The molecule has 0 spiro atoms. The molecule has 20 aromatic rings. The molecular formula is C120H110Cl10. The zero-order valence-corrected chi connectivity index (χ0v) is 80.0. The highest BCUT2D eigenvalue weighted by Crippen LogP contribution is 2.26. The van der Waals surface area contributed by atoms with E-state index in [0.29, 0.717) is 0 Å². The second-order valence-corrected chi connectivity index (χ2v) is 27.3. The van der Waals surface area contributed by atoms with E-state index >= 15 is 0 Å². The van der Waals surface area contributed by atoms with Gasteiger partial charge in [0, 0.05) is 0 Å². The molecule has 0 atom stereocenters. The minimum atomic E-state index is 0. The van der Waals surface area contributed by atoms with Gasteiger partial charge in [-0.1, -0.05) is 607 Å². The van der Waals surface area contributed by atoms with Crippen molar-refractivity contribution >= 4 is 124 Å². The number of hydrogen-bond acceptors (Lipinski definition) is 0. The molecule has 0 bridgehead atoms. The van der Waals surface area contributed by atoms with Gasteiger partial charge in [0.05, 0.1) is 0 Å². The maximum absolute atomic E-state index is 2.12. The summed E-state index contributed by atoms with van der Waals surface area (Å²) in [6.45, 7) is 0. The molecule has 0 fully saturated rings. The average Bonchev–Trinajstić information content (AvgIpc) is 0.952. The van der Waals surface area contributed by atoms with Crippen LogP contribution >= 0.6 is 124 Å². The first kappa shape index (κ1) is 115. The Bertz CT molecular complexity index is 4270. The van der Waals surface area contributed by atoms with Gasteiger partial charge in [-0.05, 0) is 111 Å². The van der Waals surface area contributed by atoms with Crippen LogP contribution in [0.2, 0.25) is 0 Å². The molecule has 0 N–H and O–H groups in total. The Kier molecular flexibility index (Phi) is 63.2. The van der Waals surface area contributed by atoms with E-state index in [2.05, 4.69) is 485 Å². The quantitative estimate of drug-likeness (QED) is 0.128. The normalized spacial score (nSPS) is 8.92. The molecule has 10 heteroatoms. The topological polar surface area (TPSA) is 0 Å². The monoisotopic (exact) mass is 1900 g/mol. The maximum Gasteiger partial charge on any atom is -0.0184 e. The van der Waals surface area contributed by atoms with Gasteiger partial charge in [0.2, 0.25) is 0 Å². The number of rotatable bonds is 10. The smallest absolute Gasteiger partial charge is 0.0184 e.